The Morgan fingerprint density at radius 1 is 0.323 bits per heavy atom. The summed E-state index contributed by atoms with van der Waals surface area (Å²) in [5.74, 6) is -0.958. The van der Waals surface area contributed by atoms with Crippen LogP contribution in [0.2, 0.25) is 0 Å². The number of esters is 3. The fraction of sp³-hybridized carbons (Fsp3) is 0.732. The monoisotopic (exact) mass is 865 g/mol. The summed E-state index contributed by atoms with van der Waals surface area (Å²) < 4.78 is 16.7. The largest absolute Gasteiger partial charge is 0.462 e. The molecule has 0 bridgehead atoms. The fourth-order valence-corrected chi connectivity index (χ4v) is 7.04. The molecule has 6 nitrogen and oxygen atoms in total. The van der Waals surface area contributed by atoms with Gasteiger partial charge in [-0.05, 0) is 89.9 Å². The molecule has 0 aliphatic rings. The van der Waals surface area contributed by atoms with Gasteiger partial charge >= 0.3 is 17.9 Å². The van der Waals surface area contributed by atoms with E-state index in [9.17, 15) is 14.4 Å². The molecule has 0 saturated carbocycles. The van der Waals surface area contributed by atoms with Crippen LogP contribution in [-0.4, -0.2) is 37.2 Å². The van der Waals surface area contributed by atoms with E-state index < -0.39 is 6.10 Å². The third-order valence-electron chi connectivity index (χ3n) is 11.0. The quantitative estimate of drug-likeness (QED) is 0.0199. The van der Waals surface area contributed by atoms with Crippen molar-refractivity contribution in [3.05, 3.63) is 72.9 Å². The minimum Gasteiger partial charge on any atom is -0.462 e. The second kappa shape index (κ2) is 50.5. The number of rotatable bonds is 46. The maximum absolute atomic E-state index is 12.8. The minimum absolute atomic E-state index is 0.0980. The molecule has 0 aliphatic heterocycles. The van der Waals surface area contributed by atoms with E-state index in [1.165, 1.54) is 122 Å². The molecule has 0 fully saturated rings. The van der Waals surface area contributed by atoms with Crippen LogP contribution in [0.25, 0.3) is 0 Å². The van der Waals surface area contributed by atoms with E-state index in [4.69, 9.17) is 14.2 Å². The lowest BCUT2D eigenvalue weighted by molar-refractivity contribution is -0.167. The summed E-state index contributed by atoms with van der Waals surface area (Å²) in [5.41, 5.74) is 0. The maximum atomic E-state index is 12.8. The molecule has 1 unspecified atom stereocenters. The van der Waals surface area contributed by atoms with Crippen molar-refractivity contribution in [2.45, 2.75) is 252 Å². The Morgan fingerprint density at radius 3 is 1.06 bits per heavy atom. The molecular weight excluding hydrogens is 769 g/mol. The van der Waals surface area contributed by atoms with E-state index >= 15 is 0 Å². The third kappa shape index (κ3) is 47.9. The highest BCUT2D eigenvalue weighted by Crippen LogP contribution is 2.14. The van der Waals surface area contributed by atoms with E-state index in [1.807, 2.05) is 0 Å². The van der Waals surface area contributed by atoms with Gasteiger partial charge in [0, 0.05) is 19.3 Å². The summed E-state index contributed by atoms with van der Waals surface area (Å²) in [4.78, 5) is 37.9. The van der Waals surface area contributed by atoms with Crippen molar-refractivity contribution in [2.75, 3.05) is 13.2 Å². The second-order valence-electron chi connectivity index (χ2n) is 17.2. The first kappa shape index (κ1) is 58.9. The Labute approximate surface area is 382 Å². The highest BCUT2D eigenvalue weighted by molar-refractivity contribution is 5.71. The number of hydrogen-bond donors (Lipinski definition) is 0. The van der Waals surface area contributed by atoms with Crippen molar-refractivity contribution in [3.8, 4) is 0 Å². The molecule has 0 heterocycles. The molecule has 356 valence electrons. The van der Waals surface area contributed by atoms with Crippen LogP contribution < -0.4 is 0 Å². The average Bonchev–Trinajstić information content (AvgIpc) is 3.27. The third-order valence-corrected chi connectivity index (χ3v) is 11.0. The van der Waals surface area contributed by atoms with E-state index in [-0.39, 0.29) is 31.1 Å². The number of allylic oxidation sites excluding steroid dienone is 12. The Morgan fingerprint density at radius 2 is 0.613 bits per heavy atom. The topological polar surface area (TPSA) is 78.9 Å². The first-order valence-corrected chi connectivity index (χ1v) is 26.0. The summed E-state index contributed by atoms with van der Waals surface area (Å²) in [7, 11) is 0. The van der Waals surface area contributed by atoms with Crippen LogP contribution in [0, 0.1) is 0 Å². The number of hydrogen-bond acceptors (Lipinski definition) is 6. The van der Waals surface area contributed by atoms with Gasteiger partial charge in [-0.15, -0.1) is 0 Å². The lowest BCUT2D eigenvalue weighted by Crippen LogP contribution is -2.30. The first-order valence-electron chi connectivity index (χ1n) is 26.0. The van der Waals surface area contributed by atoms with E-state index in [0.717, 1.165) is 77.0 Å². The van der Waals surface area contributed by atoms with Crippen LogP contribution in [0.3, 0.4) is 0 Å². The Bertz CT molecular complexity index is 1180. The van der Waals surface area contributed by atoms with Crippen molar-refractivity contribution < 1.29 is 28.6 Å². The summed E-state index contributed by atoms with van der Waals surface area (Å²) in [6.07, 6.45) is 63.2. The van der Waals surface area contributed by atoms with Gasteiger partial charge in [0.1, 0.15) is 13.2 Å². The summed E-state index contributed by atoms with van der Waals surface area (Å²) >= 11 is 0. The molecule has 0 amide bonds. The Kier molecular flexibility index (Phi) is 47.9. The lowest BCUT2D eigenvalue weighted by Gasteiger charge is -2.18. The van der Waals surface area contributed by atoms with Crippen LogP contribution >= 0.6 is 0 Å². The molecule has 0 aromatic heterocycles. The Hall–Kier alpha value is -3.15. The Balaban J connectivity index is 4.40. The maximum Gasteiger partial charge on any atom is 0.306 e. The first-order chi connectivity index (χ1) is 30.5. The van der Waals surface area contributed by atoms with Crippen LogP contribution in [-0.2, 0) is 28.6 Å². The van der Waals surface area contributed by atoms with Crippen LogP contribution in [0.15, 0.2) is 72.9 Å². The van der Waals surface area contributed by atoms with Gasteiger partial charge in [-0.2, -0.15) is 0 Å². The van der Waals surface area contributed by atoms with E-state index in [0.29, 0.717) is 25.7 Å². The average molecular weight is 865 g/mol. The van der Waals surface area contributed by atoms with Gasteiger partial charge < -0.3 is 14.2 Å². The summed E-state index contributed by atoms with van der Waals surface area (Å²) in [6.45, 7) is 6.51. The van der Waals surface area contributed by atoms with Crippen molar-refractivity contribution in [1.29, 1.82) is 0 Å². The predicted molar refractivity (Wildman–Crippen MR) is 265 cm³/mol. The van der Waals surface area contributed by atoms with Gasteiger partial charge in [-0.3, -0.25) is 14.4 Å². The number of carbonyl (C=O) groups is 3. The van der Waals surface area contributed by atoms with E-state index in [2.05, 4.69) is 93.7 Å². The smallest absolute Gasteiger partial charge is 0.306 e. The fourth-order valence-electron chi connectivity index (χ4n) is 7.04. The van der Waals surface area contributed by atoms with Gasteiger partial charge in [0.15, 0.2) is 6.10 Å². The predicted octanol–water partition coefficient (Wildman–Crippen LogP) is 17.0. The van der Waals surface area contributed by atoms with Crippen molar-refractivity contribution in [2.24, 2.45) is 0 Å². The highest BCUT2D eigenvalue weighted by Gasteiger charge is 2.19. The normalized spacial score (nSPS) is 12.6. The molecule has 62 heavy (non-hydrogen) atoms. The zero-order valence-electron chi connectivity index (χ0n) is 40.6. The summed E-state index contributed by atoms with van der Waals surface area (Å²) in [5, 5.41) is 0. The molecule has 0 spiro atoms. The second-order valence-corrected chi connectivity index (χ2v) is 17.2. The molecule has 0 aliphatic carbocycles. The minimum atomic E-state index is -0.797. The van der Waals surface area contributed by atoms with Crippen LogP contribution in [0.4, 0.5) is 0 Å². The zero-order valence-corrected chi connectivity index (χ0v) is 40.6. The highest BCUT2D eigenvalue weighted by atomic mass is 16.6. The molecular formula is C56H96O6. The van der Waals surface area contributed by atoms with Gasteiger partial charge in [-0.25, -0.2) is 0 Å². The molecule has 0 radical (unpaired) electrons. The lowest BCUT2D eigenvalue weighted by atomic mass is 10.1. The van der Waals surface area contributed by atoms with Gasteiger partial charge in [-0.1, -0.05) is 209 Å². The number of unbranched alkanes of at least 4 members (excludes halogenated alkanes) is 26. The number of ether oxygens (including phenoxy) is 3. The van der Waals surface area contributed by atoms with Crippen molar-refractivity contribution >= 4 is 17.9 Å². The summed E-state index contributed by atoms with van der Waals surface area (Å²) in [6, 6.07) is 0. The molecule has 0 N–H and O–H groups in total. The molecule has 0 saturated heterocycles. The molecule has 0 aromatic carbocycles. The van der Waals surface area contributed by atoms with Gasteiger partial charge in [0.05, 0.1) is 0 Å². The van der Waals surface area contributed by atoms with E-state index in [1.54, 1.807) is 0 Å². The number of carbonyl (C=O) groups excluding carboxylic acids is 3. The van der Waals surface area contributed by atoms with Crippen LogP contribution in [0.5, 0.6) is 0 Å². The molecule has 6 heteroatoms. The molecule has 1 atom stereocenters. The molecule has 0 rings (SSSR count). The van der Waals surface area contributed by atoms with Crippen molar-refractivity contribution in [1.82, 2.24) is 0 Å². The standard InChI is InChI=1S/C56H96O6/c1-4-7-10-13-16-19-21-23-25-27-29-30-32-34-37-40-43-46-49-55(58)61-52-53(51-60-54(57)48-45-42-39-36-18-15-12-9-6-3)62-56(59)50-47-44-41-38-35-33-31-28-26-24-22-20-17-14-11-8-5-2/h16,19,21,23-27,29-30,36,39,53H,4-15,17-18,20,22,28,31-35,37-38,40-52H2,1-3H3/b19-16-,23-21-,26-24-,27-25-,30-29-,39-36-. The van der Waals surface area contributed by atoms with Crippen molar-refractivity contribution in [3.63, 3.8) is 0 Å². The SMILES string of the molecule is CCCCC\C=C/C=C\C=C/C=C\CCCCCCCC(=O)OCC(COC(=O)CCC/C=C\CCCCCC)OC(=O)CCCCCCCCC/C=C\CCCCCCCC. The molecule has 0 aromatic rings. The van der Waals surface area contributed by atoms with Gasteiger partial charge in [0.2, 0.25) is 0 Å². The zero-order chi connectivity index (χ0) is 45.1. The van der Waals surface area contributed by atoms with Crippen LogP contribution in [0.1, 0.15) is 245 Å². The van der Waals surface area contributed by atoms with Gasteiger partial charge in [0.25, 0.3) is 0 Å².